The van der Waals surface area contributed by atoms with E-state index in [0.717, 1.165) is 83.2 Å². The molecule has 58 heavy (non-hydrogen) atoms. The topological polar surface area (TPSA) is 29.5 Å². The van der Waals surface area contributed by atoms with Gasteiger partial charge in [0.15, 0.2) is 5.58 Å². The molecule has 3 nitrogen and oxygen atoms in total. The smallest absolute Gasteiger partial charge is 0.160 e. The van der Waals surface area contributed by atoms with Gasteiger partial charge in [-0.25, -0.2) is 0 Å². The summed E-state index contributed by atoms with van der Waals surface area (Å²) < 4.78 is 13.7. The molecule has 0 fully saturated rings. The fourth-order valence-corrected chi connectivity index (χ4v) is 9.71. The zero-order valence-corrected chi connectivity index (χ0v) is 32.2. The fraction of sp³-hybridized carbons (Fsp3) is 0.0545. The number of rotatable bonds is 5. The molecule has 0 bridgehead atoms. The van der Waals surface area contributed by atoms with Crippen LogP contribution in [0.25, 0.3) is 88.0 Å². The zero-order valence-electron chi connectivity index (χ0n) is 32.2. The van der Waals surface area contributed by atoms with Gasteiger partial charge in [0.05, 0.1) is 11.4 Å². The van der Waals surface area contributed by atoms with Crippen molar-refractivity contribution in [3.8, 4) is 33.4 Å². The van der Waals surface area contributed by atoms with E-state index < -0.39 is 0 Å². The maximum absolute atomic E-state index is 7.23. The molecular formula is C55H37NO2. The average molecular weight is 744 g/mol. The Kier molecular flexibility index (Phi) is 6.98. The van der Waals surface area contributed by atoms with Crippen LogP contribution in [0.3, 0.4) is 0 Å². The minimum atomic E-state index is -0.172. The van der Waals surface area contributed by atoms with Crippen LogP contribution in [0, 0.1) is 0 Å². The molecule has 12 rings (SSSR count). The Morgan fingerprint density at radius 1 is 0.397 bits per heavy atom. The lowest BCUT2D eigenvalue weighted by atomic mass is 9.82. The Morgan fingerprint density at radius 3 is 1.97 bits per heavy atom. The van der Waals surface area contributed by atoms with Gasteiger partial charge in [0, 0.05) is 38.2 Å². The van der Waals surface area contributed by atoms with Crippen molar-refractivity contribution in [2.45, 2.75) is 19.3 Å². The lowest BCUT2D eigenvalue weighted by molar-refractivity contribution is 0.660. The molecule has 9 aromatic carbocycles. The van der Waals surface area contributed by atoms with Crippen LogP contribution in [-0.4, -0.2) is 0 Å². The minimum absolute atomic E-state index is 0.172. The highest BCUT2D eigenvalue weighted by molar-refractivity contribution is 6.29. The molecule has 0 unspecified atom stereocenters. The summed E-state index contributed by atoms with van der Waals surface area (Å²) in [6, 6.07) is 67.6. The Hall–Kier alpha value is -7.36. The van der Waals surface area contributed by atoms with E-state index >= 15 is 0 Å². The van der Waals surface area contributed by atoms with Crippen LogP contribution in [-0.2, 0) is 5.41 Å². The summed E-state index contributed by atoms with van der Waals surface area (Å²) in [4.78, 5) is 2.42. The van der Waals surface area contributed by atoms with Crippen LogP contribution in [0.5, 0.6) is 0 Å². The van der Waals surface area contributed by atoms with Crippen molar-refractivity contribution in [3.05, 3.63) is 199 Å². The lowest BCUT2D eigenvalue weighted by Gasteiger charge is -2.30. The van der Waals surface area contributed by atoms with Gasteiger partial charge in [0.2, 0.25) is 0 Å². The van der Waals surface area contributed by atoms with Crippen molar-refractivity contribution in [1.29, 1.82) is 0 Å². The van der Waals surface area contributed by atoms with Gasteiger partial charge < -0.3 is 13.7 Å². The highest BCUT2D eigenvalue weighted by Gasteiger charge is 2.36. The Bertz CT molecular complexity index is 3440. The first-order valence-corrected chi connectivity index (χ1v) is 20.0. The number of furan rings is 2. The molecule has 274 valence electrons. The fourth-order valence-electron chi connectivity index (χ4n) is 9.71. The monoisotopic (exact) mass is 743 g/mol. The molecule has 1 aliphatic rings. The summed E-state index contributed by atoms with van der Waals surface area (Å²) in [5.41, 5.74) is 16.1. The molecule has 0 spiro atoms. The highest BCUT2D eigenvalue weighted by atomic mass is 16.3. The average Bonchev–Trinajstić information content (AvgIpc) is 3.92. The van der Waals surface area contributed by atoms with Gasteiger partial charge in [-0.3, -0.25) is 0 Å². The van der Waals surface area contributed by atoms with Crippen LogP contribution in [0.1, 0.15) is 25.0 Å². The molecule has 11 aromatic rings. The molecule has 0 atom stereocenters. The predicted molar refractivity (Wildman–Crippen MR) is 242 cm³/mol. The Morgan fingerprint density at radius 2 is 1.09 bits per heavy atom. The molecule has 2 heterocycles. The van der Waals surface area contributed by atoms with E-state index in [1.54, 1.807) is 0 Å². The van der Waals surface area contributed by atoms with E-state index in [2.05, 4.69) is 201 Å². The first-order valence-electron chi connectivity index (χ1n) is 20.0. The first kappa shape index (κ1) is 32.8. The van der Waals surface area contributed by atoms with E-state index in [0.29, 0.717) is 0 Å². The second kappa shape index (κ2) is 12.3. The van der Waals surface area contributed by atoms with Crippen molar-refractivity contribution in [3.63, 3.8) is 0 Å². The largest absolute Gasteiger partial charge is 0.456 e. The number of fused-ring (bicyclic) bond motifs is 11. The number of hydrogen-bond acceptors (Lipinski definition) is 3. The van der Waals surface area contributed by atoms with Crippen LogP contribution in [0.2, 0.25) is 0 Å². The summed E-state index contributed by atoms with van der Waals surface area (Å²) in [7, 11) is 0. The van der Waals surface area contributed by atoms with Gasteiger partial charge in [0.1, 0.15) is 16.7 Å². The summed E-state index contributed by atoms with van der Waals surface area (Å²) >= 11 is 0. The van der Waals surface area contributed by atoms with Gasteiger partial charge >= 0.3 is 0 Å². The van der Waals surface area contributed by atoms with Gasteiger partial charge in [-0.15, -0.1) is 0 Å². The molecule has 2 aromatic heterocycles. The number of benzene rings is 9. The van der Waals surface area contributed by atoms with Gasteiger partial charge in [0.25, 0.3) is 0 Å². The zero-order chi connectivity index (χ0) is 38.5. The molecule has 0 aliphatic heterocycles. The minimum Gasteiger partial charge on any atom is -0.456 e. The SMILES string of the molecule is CC1(C)c2ccccc2-c2ccc(N(c3ccccc3-c3ccccc3)c3ccc(-c4ccc5ccccc5c4)c4c3oc3ccc5oc6ccccc6c5c34)cc21. The molecule has 0 radical (unpaired) electrons. The number of para-hydroxylation sites is 2. The van der Waals surface area contributed by atoms with E-state index in [9.17, 15) is 0 Å². The molecule has 0 amide bonds. The van der Waals surface area contributed by atoms with Gasteiger partial charge in [-0.1, -0.05) is 153 Å². The van der Waals surface area contributed by atoms with Gasteiger partial charge in [-0.05, 0) is 98.2 Å². The summed E-state index contributed by atoms with van der Waals surface area (Å²) in [6.45, 7) is 4.69. The molecule has 1 aliphatic carbocycles. The molecule has 3 heteroatoms. The Labute approximate surface area is 336 Å². The maximum Gasteiger partial charge on any atom is 0.160 e. The van der Waals surface area contributed by atoms with Crippen molar-refractivity contribution >= 4 is 71.7 Å². The third-order valence-corrected chi connectivity index (χ3v) is 12.5. The highest BCUT2D eigenvalue weighted by Crippen LogP contribution is 2.53. The maximum atomic E-state index is 7.23. The molecular weight excluding hydrogens is 707 g/mol. The summed E-state index contributed by atoms with van der Waals surface area (Å²) in [5.74, 6) is 0. The molecule has 0 N–H and O–H groups in total. The first-order chi connectivity index (χ1) is 28.5. The van der Waals surface area contributed by atoms with E-state index in [4.69, 9.17) is 8.83 Å². The van der Waals surface area contributed by atoms with E-state index in [1.165, 1.54) is 33.0 Å². The van der Waals surface area contributed by atoms with Crippen LogP contribution >= 0.6 is 0 Å². The third kappa shape index (κ3) is 4.74. The quantitative estimate of drug-likeness (QED) is 0.176. The van der Waals surface area contributed by atoms with Crippen molar-refractivity contribution in [2.75, 3.05) is 4.90 Å². The normalized spacial score (nSPS) is 13.1. The summed E-state index contributed by atoms with van der Waals surface area (Å²) in [6.07, 6.45) is 0. The van der Waals surface area contributed by atoms with Crippen LogP contribution < -0.4 is 4.90 Å². The predicted octanol–water partition coefficient (Wildman–Crippen LogP) is 15.7. The third-order valence-electron chi connectivity index (χ3n) is 12.5. The van der Waals surface area contributed by atoms with E-state index in [-0.39, 0.29) is 5.41 Å². The molecule has 0 saturated carbocycles. The van der Waals surface area contributed by atoms with Crippen LogP contribution in [0.4, 0.5) is 17.1 Å². The summed E-state index contributed by atoms with van der Waals surface area (Å²) in [5, 5.41) is 6.68. The van der Waals surface area contributed by atoms with Crippen LogP contribution in [0.15, 0.2) is 197 Å². The second-order valence-corrected chi connectivity index (χ2v) is 16.0. The molecule has 0 saturated heterocycles. The standard InChI is InChI=1S/C55H37NO2/c1-55(2)44-21-11-8-19-41(44)42-27-26-38(33-45(42)55)56(46-22-12-9-18-39(46)35-15-4-3-5-16-35)47-29-28-40(37-25-24-34-14-6-7-17-36(34)32-37)52-53-50(58-54(47)52)31-30-49-51(53)43-20-10-13-23-48(43)57-49/h3-33H,1-2H3. The van der Waals surface area contributed by atoms with Crippen molar-refractivity contribution in [2.24, 2.45) is 0 Å². The Balaban J connectivity index is 1.20. The number of nitrogens with zero attached hydrogens (tertiary/aromatic N) is 1. The lowest BCUT2D eigenvalue weighted by Crippen LogP contribution is -2.17. The number of anilines is 3. The van der Waals surface area contributed by atoms with Gasteiger partial charge in [-0.2, -0.15) is 0 Å². The second-order valence-electron chi connectivity index (χ2n) is 16.0. The number of hydrogen-bond donors (Lipinski definition) is 0. The van der Waals surface area contributed by atoms with Crippen molar-refractivity contribution < 1.29 is 8.83 Å². The van der Waals surface area contributed by atoms with Crippen molar-refractivity contribution in [1.82, 2.24) is 0 Å². The van der Waals surface area contributed by atoms with E-state index in [1.807, 2.05) is 6.07 Å².